The molecule has 10 heteroatoms. The minimum absolute atomic E-state index is 0.156. The second-order valence-electron chi connectivity index (χ2n) is 5.04. The predicted octanol–water partition coefficient (Wildman–Crippen LogP) is 5.14. The number of amides is 2. The molecular formula is C16H14Cl4N4OS. The van der Waals surface area contributed by atoms with Gasteiger partial charge in [0, 0.05) is 16.4 Å². The molecule has 138 valence electrons. The number of halogens is 4. The van der Waals surface area contributed by atoms with Gasteiger partial charge in [-0.2, -0.15) is 0 Å². The molecule has 0 spiro atoms. The van der Waals surface area contributed by atoms with E-state index < -0.39 is 16.0 Å². The fraction of sp³-hybridized carbons (Fsp3) is 0.125. The summed E-state index contributed by atoms with van der Waals surface area (Å²) < 4.78 is -1.85. The molecule has 26 heavy (non-hydrogen) atoms. The predicted molar refractivity (Wildman–Crippen MR) is 113 cm³/mol. The number of carbonyl (C=O) groups is 1. The smallest absolute Gasteiger partial charge is 0.320 e. The van der Waals surface area contributed by atoms with Gasteiger partial charge in [0.05, 0.1) is 0 Å². The number of para-hydroxylation sites is 1. The molecule has 4 N–H and O–H groups in total. The molecule has 2 rings (SSSR count). The van der Waals surface area contributed by atoms with Gasteiger partial charge in [0.15, 0.2) is 11.3 Å². The maximum atomic E-state index is 12.1. The largest absolute Gasteiger partial charge is 0.339 e. The lowest BCUT2D eigenvalue weighted by Gasteiger charge is -2.27. The Kier molecular flexibility index (Phi) is 7.61. The van der Waals surface area contributed by atoms with Crippen molar-refractivity contribution < 1.29 is 4.79 Å². The molecule has 0 aliphatic heterocycles. The average molecular weight is 452 g/mol. The van der Waals surface area contributed by atoms with Crippen LogP contribution in [0.5, 0.6) is 0 Å². The summed E-state index contributed by atoms with van der Waals surface area (Å²) in [5.41, 5.74) is 1.28. The molecule has 1 unspecified atom stereocenters. The molecule has 2 amide bonds. The lowest BCUT2D eigenvalue weighted by molar-refractivity contribution is 0.247. The second kappa shape index (κ2) is 9.48. The summed E-state index contributed by atoms with van der Waals surface area (Å²) in [7, 11) is 0. The van der Waals surface area contributed by atoms with E-state index in [1.807, 2.05) is 6.07 Å². The van der Waals surface area contributed by atoms with E-state index in [1.54, 1.807) is 48.5 Å². The van der Waals surface area contributed by atoms with Gasteiger partial charge in [-0.05, 0) is 48.6 Å². The summed E-state index contributed by atoms with van der Waals surface area (Å²) >= 11 is 28.8. The first kappa shape index (κ1) is 20.9. The first-order valence-electron chi connectivity index (χ1n) is 7.26. The maximum Gasteiger partial charge on any atom is 0.320 e. The number of anilines is 2. The van der Waals surface area contributed by atoms with Crippen LogP contribution in [0.1, 0.15) is 0 Å². The van der Waals surface area contributed by atoms with Gasteiger partial charge in [-0.25, -0.2) is 4.79 Å². The van der Waals surface area contributed by atoms with Crippen molar-refractivity contribution in [2.75, 3.05) is 10.6 Å². The summed E-state index contributed by atoms with van der Waals surface area (Å²) in [6.45, 7) is 0. The van der Waals surface area contributed by atoms with Crippen molar-refractivity contribution in [1.29, 1.82) is 0 Å². The molecule has 1 atom stereocenters. The van der Waals surface area contributed by atoms with Gasteiger partial charge in [-0.1, -0.05) is 64.6 Å². The second-order valence-corrected chi connectivity index (χ2v) is 8.26. The molecule has 0 saturated carbocycles. The molecule has 0 bridgehead atoms. The van der Waals surface area contributed by atoms with Gasteiger partial charge >= 0.3 is 6.03 Å². The quantitative estimate of drug-likeness (QED) is 0.295. The van der Waals surface area contributed by atoms with Gasteiger partial charge < -0.3 is 21.3 Å². The third-order valence-electron chi connectivity index (χ3n) is 3.01. The number of thiocarbonyl (C=S) groups is 1. The van der Waals surface area contributed by atoms with Crippen LogP contribution in [0.4, 0.5) is 16.2 Å². The van der Waals surface area contributed by atoms with Crippen LogP contribution in [0, 0.1) is 0 Å². The zero-order valence-electron chi connectivity index (χ0n) is 13.1. The highest BCUT2D eigenvalue weighted by atomic mass is 35.6. The third kappa shape index (κ3) is 7.05. The highest BCUT2D eigenvalue weighted by molar-refractivity contribution is 7.80. The minimum Gasteiger partial charge on any atom is -0.339 e. The molecule has 0 heterocycles. The van der Waals surface area contributed by atoms with Crippen molar-refractivity contribution in [3.05, 3.63) is 59.6 Å². The molecular weight excluding hydrogens is 438 g/mol. The lowest BCUT2D eigenvalue weighted by Crippen LogP contribution is -2.57. The zero-order chi connectivity index (χ0) is 19.2. The fourth-order valence-corrected chi connectivity index (χ4v) is 2.54. The van der Waals surface area contributed by atoms with E-state index in [4.69, 9.17) is 58.6 Å². The number of alkyl halides is 3. The Morgan fingerprint density at radius 1 is 0.885 bits per heavy atom. The van der Waals surface area contributed by atoms with Crippen molar-refractivity contribution in [3.63, 3.8) is 0 Å². The van der Waals surface area contributed by atoms with Crippen LogP contribution in [0.15, 0.2) is 54.6 Å². The highest BCUT2D eigenvalue weighted by Gasteiger charge is 2.34. The van der Waals surface area contributed by atoms with Crippen molar-refractivity contribution in [1.82, 2.24) is 10.6 Å². The van der Waals surface area contributed by atoms with Crippen LogP contribution in [0.3, 0.4) is 0 Å². The molecule has 0 aromatic heterocycles. The summed E-state index contributed by atoms with van der Waals surface area (Å²) in [4.78, 5) is 12.1. The van der Waals surface area contributed by atoms with Crippen LogP contribution >= 0.6 is 58.6 Å². The Morgan fingerprint density at radius 2 is 1.46 bits per heavy atom. The van der Waals surface area contributed by atoms with E-state index in [9.17, 15) is 4.79 Å². The summed E-state index contributed by atoms with van der Waals surface area (Å²) in [5.74, 6) is 0. The van der Waals surface area contributed by atoms with Gasteiger partial charge in [-0.3, -0.25) is 0 Å². The molecule has 0 aliphatic carbocycles. The van der Waals surface area contributed by atoms with Crippen LogP contribution in [-0.2, 0) is 0 Å². The minimum atomic E-state index is -1.85. The number of nitrogens with one attached hydrogen (secondary N) is 4. The number of rotatable bonds is 4. The first-order valence-corrected chi connectivity index (χ1v) is 9.18. The van der Waals surface area contributed by atoms with Crippen LogP contribution < -0.4 is 21.3 Å². The van der Waals surface area contributed by atoms with E-state index >= 15 is 0 Å². The Hall–Kier alpha value is -1.44. The highest BCUT2D eigenvalue weighted by Crippen LogP contribution is 2.29. The Bertz CT molecular complexity index is 753. The molecule has 2 aromatic carbocycles. The average Bonchev–Trinajstić information content (AvgIpc) is 2.56. The number of carbonyl (C=O) groups excluding carboxylic acids is 1. The van der Waals surface area contributed by atoms with Crippen molar-refractivity contribution in [2.24, 2.45) is 0 Å². The summed E-state index contributed by atoms with van der Waals surface area (Å²) in [6.07, 6.45) is -1.08. The summed E-state index contributed by atoms with van der Waals surface area (Å²) in [6, 6.07) is 15.1. The van der Waals surface area contributed by atoms with Crippen LogP contribution in [-0.4, -0.2) is 21.1 Å². The van der Waals surface area contributed by atoms with E-state index in [-0.39, 0.29) is 5.11 Å². The van der Waals surface area contributed by atoms with Gasteiger partial charge in [0.25, 0.3) is 0 Å². The van der Waals surface area contributed by atoms with Gasteiger partial charge in [-0.15, -0.1) is 0 Å². The van der Waals surface area contributed by atoms with Crippen molar-refractivity contribution >= 4 is 81.1 Å². The molecule has 0 fully saturated rings. The van der Waals surface area contributed by atoms with Crippen molar-refractivity contribution in [3.8, 4) is 0 Å². The zero-order valence-corrected chi connectivity index (χ0v) is 16.9. The van der Waals surface area contributed by atoms with Crippen LogP contribution in [0.2, 0.25) is 5.02 Å². The Morgan fingerprint density at radius 3 is 2.04 bits per heavy atom. The number of hydrogen-bond donors (Lipinski definition) is 4. The van der Waals surface area contributed by atoms with E-state index in [0.29, 0.717) is 16.4 Å². The molecule has 2 aromatic rings. The number of urea groups is 1. The Labute approximate surface area is 176 Å². The molecule has 0 aliphatic rings. The monoisotopic (exact) mass is 450 g/mol. The standard InChI is InChI=1S/C16H14Cl4N4OS/c17-10-6-8-12(9-7-10)22-15(26)24-13(16(18,19)20)23-14(25)21-11-4-2-1-3-5-11/h1-9,13H,(H2,21,23,25)(H2,22,24,26). The van der Waals surface area contributed by atoms with Crippen LogP contribution in [0.25, 0.3) is 0 Å². The first-order chi connectivity index (χ1) is 12.2. The third-order valence-corrected chi connectivity index (χ3v) is 4.14. The van der Waals surface area contributed by atoms with E-state index in [1.165, 1.54) is 0 Å². The lowest BCUT2D eigenvalue weighted by atomic mass is 10.3. The Balaban J connectivity index is 1.97. The van der Waals surface area contributed by atoms with Gasteiger partial charge in [0.2, 0.25) is 3.79 Å². The molecule has 0 radical (unpaired) electrons. The fourth-order valence-electron chi connectivity index (χ4n) is 1.85. The summed E-state index contributed by atoms with van der Waals surface area (Å²) in [5, 5.41) is 11.6. The van der Waals surface area contributed by atoms with Gasteiger partial charge in [0.1, 0.15) is 0 Å². The number of benzene rings is 2. The topological polar surface area (TPSA) is 65.2 Å². The van der Waals surface area contributed by atoms with E-state index in [0.717, 1.165) is 0 Å². The normalized spacial score (nSPS) is 12.0. The number of hydrogen-bond acceptors (Lipinski definition) is 2. The van der Waals surface area contributed by atoms with E-state index in [2.05, 4.69) is 21.3 Å². The SMILES string of the molecule is O=C(Nc1ccccc1)NC(NC(=S)Nc1ccc(Cl)cc1)C(Cl)(Cl)Cl. The molecule has 5 nitrogen and oxygen atoms in total. The van der Waals surface area contributed by atoms with Crippen molar-refractivity contribution in [2.45, 2.75) is 9.96 Å². The maximum absolute atomic E-state index is 12.1. The molecule has 0 saturated heterocycles.